The van der Waals surface area contributed by atoms with Crippen molar-refractivity contribution in [2.75, 3.05) is 20.8 Å². The van der Waals surface area contributed by atoms with E-state index in [4.69, 9.17) is 9.47 Å². The molecule has 1 N–H and O–H groups in total. The first-order chi connectivity index (χ1) is 10.1. The summed E-state index contributed by atoms with van der Waals surface area (Å²) in [4.78, 5) is 16.8. The van der Waals surface area contributed by atoms with Crippen molar-refractivity contribution in [3.63, 3.8) is 0 Å². The minimum absolute atomic E-state index is 0.117. The fraction of sp³-hybridized carbons (Fsp3) is 0.333. The molecule has 0 saturated heterocycles. The average Bonchev–Trinajstić information content (AvgIpc) is 2.89. The highest BCUT2D eigenvalue weighted by Gasteiger charge is 2.16. The number of hydrogen-bond acceptors (Lipinski definition) is 5. The molecule has 0 aliphatic carbocycles. The van der Waals surface area contributed by atoms with Crippen LogP contribution in [-0.4, -0.2) is 31.7 Å². The molecule has 5 nitrogen and oxygen atoms in total. The molecule has 0 unspecified atom stereocenters. The average molecular weight is 306 g/mol. The Labute approximate surface area is 127 Å². The van der Waals surface area contributed by atoms with E-state index in [0.29, 0.717) is 23.0 Å². The maximum atomic E-state index is 11.8. The number of nitrogens with one attached hydrogen (secondary N) is 1. The molecule has 0 spiro atoms. The number of aryl methyl sites for hydroxylation is 1. The molecule has 1 aromatic heterocycles. The minimum atomic E-state index is -0.117. The standard InChI is InChI=1S/C15H18N2O3S/c1-5-20-11-7-6-10(8-12(11)19-4)15-17-9(2)13(21-15)14(18)16-3/h6-8H,5H2,1-4H3,(H,16,18). The normalized spacial score (nSPS) is 10.3. The van der Waals surface area contributed by atoms with Crippen LogP contribution in [0.4, 0.5) is 0 Å². The Morgan fingerprint density at radius 1 is 1.38 bits per heavy atom. The lowest BCUT2D eigenvalue weighted by atomic mass is 10.2. The number of rotatable bonds is 5. The summed E-state index contributed by atoms with van der Waals surface area (Å²) < 4.78 is 10.8. The molecule has 0 radical (unpaired) electrons. The first-order valence-corrected chi connectivity index (χ1v) is 7.43. The Kier molecular flexibility index (Phi) is 4.80. The van der Waals surface area contributed by atoms with Crippen LogP contribution in [0, 0.1) is 6.92 Å². The van der Waals surface area contributed by atoms with Crippen molar-refractivity contribution in [3.8, 4) is 22.1 Å². The molecule has 2 rings (SSSR count). The number of benzene rings is 1. The van der Waals surface area contributed by atoms with E-state index in [1.165, 1.54) is 11.3 Å². The van der Waals surface area contributed by atoms with Crippen molar-refractivity contribution in [3.05, 3.63) is 28.8 Å². The van der Waals surface area contributed by atoms with Crippen LogP contribution in [0.25, 0.3) is 10.6 Å². The summed E-state index contributed by atoms with van der Waals surface area (Å²) in [5.74, 6) is 1.24. The number of nitrogens with zero attached hydrogens (tertiary/aromatic N) is 1. The largest absolute Gasteiger partial charge is 0.493 e. The lowest BCUT2D eigenvalue weighted by molar-refractivity contribution is 0.0966. The molecule has 0 aliphatic heterocycles. The topological polar surface area (TPSA) is 60.5 Å². The van der Waals surface area contributed by atoms with Crippen LogP contribution in [-0.2, 0) is 0 Å². The van der Waals surface area contributed by atoms with Crippen molar-refractivity contribution in [1.82, 2.24) is 10.3 Å². The van der Waals surface area contributed by atoms with Crippen LogP contribution in [0.1, 0.15) is 22.3 Å². The number of aromatic nitrogens is 1. The molecule has 112 valence electrons. The second kappa shape index (κ2) is 6.58. The van der Waals surface area contributed by atoms with E-state index in [-0.39, 0.29) is 5.91 Å². The molecule has 21 heavy (non-hydrogen) atoms. The predicted octanol–water partition coefficient (Wildman–Crippen LogP) is 2.89. The smallest absolute Gasteiger partial charge is 0.263 e. The Bertz CT molecular complexity index is 652. The van der Waals surface area contributed by atoms with Gasteiger partial charge in [-0.25, -0.2) is 4.98 Å². The van der Waals surface area contributed by atoms with Crippen LogP contribution < -0.4 is 14.8 Å². The fourth-order valence-corrected chi connectivity index (χ4v) is 2.93. The third kappa shape index (κ3) is 3.16. The molecular formula is C15H18N2O3S. The first-order valence-electron chi connectivity index (χ1n) is 6.61. The van der Waals surface area contributed by atoms with Crippen molar-refractivity contribution in [1.29, 1.82) is 0 Å². The van der Waals surface area contributed by atoms with E-state index in [2.05, 4.69) is 10.3 Å². The lowest BCUT2D eigenvalue weighted by Gasteiger charge is -2.09. The van der Waals surface area contributed by atoms with Gasteiger partial charge in [0, 0.05) is 12.6 Å². The van der Waals surface area contributed by atoms with Crippen LogP contribution in [0.2, 0.25) is 0 Å². The SMILES string of the molecule is CCOc1ccc(-c2nc(C)c(C(=O)NC)s2)cc1OC. The lowest BCUT2D eigenvalue weighted by Crippen LogP contribution is -2.17. The number of methoxy groups -OCH3 is 1. The van der Waals surface area contributed by atoms with E-state index >= 15 is 0 Å². The van der Waals surface area contributed by atoms with Gasteiger partial charge in [-0.1, -0.05) is 0 Å². The molecule has 2 aromatic rings. The zero-order chi connectivity index (χ0) is 15.4. The molecule has 6 heteroatoms. The highest BCUT2D eigenvalue weighted by molar-refractivity contribution is 7.17. The summed E-state index contributed by atoms with van der Waals surface area (Å²) >= 11 is 1.36. The predicted molar refractivity (Wildman–Crippen MR) is 83.4 cm³/mol. The molecule has 0 bridgehead atoms. The zero-order valence-corrected chi connectivity index (χ0v) is 13.3. The summed E-state index contributed by atoms with van der Waals surface area (Å²) in [6, 6.07) is 5.64. The molecule has 0 fully saturated rings. The van der Waals surface area contributed by atoms with Crippen LogP contribution >= 0.6 is 11.3 Å². The maximum Gasteiger partial charge on any atom is 0.263 e. The Morgan fingerprint density at radius 3 is 2.76 bits per heavy atom. The summed E-state index contributed by atoms with van der Waals surface area (Å²) in [5.41, 5.74) is 1.63. The van der Waals surface area contributed by atoms with E-state index in [1.54, 1.807) is 14.2 Å². The van der Waals surface area contributed by atoms with Crippen molar-refractivity contribution < 1.29 is 14.3 Å². The molecule has 0 saturated carbocycles. The monoisotopic (exact) mass is 306 g/mol. The highest BCUT2D eigenvalue weighted by Crippen LogP contribution is 2.35. The summed E-state index contributed by atoms with van der Waals surface area (Å²) in [6.45, 7) is 4.33. The van der Waals surface area contributed by atoms with E-state index < -0.39 is 0 Å². The van der Waals surface area contributed by atoms with Gasteiger partial charge in [0.2, 0.25) is 0 Å². The molecule has 1 amide bonds. The number of ether oxygens (including phenoxy) is 2. The van der Waals surface area contributed by atoms with Gasteiger partial charge >= 0.3 is 0 Å². The molecular weight excluding hydrogens is 288 g/mol. The van der Waals surface area contributed by atoms with Gasteiger partial charge in [0.25, 0.3) is 5.91 Å². The first kappa shape index (κ1) is 15.3. The number of thiazole rings is 1. The van der Waals surface area contributed by atoms with Crippen molar-refractivity contribution >= 4 is 17.2 Å². The van der Waals surface area contributed by atoms with Gasteiger partial charge in [0.05, 0.1) is 19.4 Å². The van der Waals surface area contributed by atoms with Gasteiger partial charge < -0.3 is 14.8 Å². The highest BCUT2D eigenvalue weighted by atomic mass is 32.1. The summed E-state index contributed by atoms with van der Waals surface area (Å²) in [7, 11) is 3.21. The van der Waals surface area contributed by atoms with Gasteiger partial charge in [0.1, 0.15) is 9.88 Å². The molecule has 1 aromatic carbocycles. The fourth-order valence-electron chi connectivity index (χ4n) is 1.92. The van der Waals surface area contributed by atoms with Crippen LogP contribution in [0.15, 0.2) is 18.2 Å². The third-order valence-corrected chi connectivity index (χ3v) is 4.15. The maximum absolute atomic E-state index is 11.8. The number of hydrogen-bond donors (Lipinski definition) is 1. The molecule has 1 heterocycles. The minimum Gasteiger partial charge on any atom is -0.493 e. The Morgan fingerprint density at radius 2 is 2.14 bits per heavy atom. The zero-order valence-electron chi connectivity index (χ0n) is 12.5. The molecule has 0 atom stereocenters. The van der Waals surface area contributed by atoms with Gasteiger partial charge in [-0.2, -0.15) is 0 Å². The van der Waals surface area contributed by atoms with E-state index in [0.717, 1.165) is 16.3 Å². The Balaban J connectivity index is 2.40. The van der Waals surface area contributed by atoms with Crippen LogP contribution in [0.5, 0.6) is 11.5 Å². The number of amides is 1. The van der Waals surface area contributed by atoms with Gasteiger partial charge in [-0.05, 0) is 32.0 Å². The summed E-state index contributed by atoms with van der Waals surface area (Å²) in [6.07, 6.45) is 0. The van der Waals surface area contributed by atoms with E-state index in [9.17, 15) is 4.79 Å². The van der Waals surface area contributed by atoms with Gasteiger partial charge in [-0.3, -0.25) is 4.79 Å². The van der Waals surface area contributed by atoms with Gasteiger partial charge in [-0.15, -0.1) is 11.3 Å². The van der Waals surface area contributed by atoms with Crippen molar-refractivity contribution in [2.45, 2.75) is 13.8 Å². The number of carbonyl (C=O) groups excluding carboxylic acids is 1. The quantitative estimate of drug-likeness (QED) is 0.922. The van der Waals surface area contributed by atoms with E-state index in [1.807, 2.05) is 32.0 Å². The molecule has 0 aliphatic rings. The summed E-state index contributed by atoms with van der Waals surface area (Å²) in [5, 5.41) is 3.41. The van der Waals surface area contributed by atoms with Crippen LogP contribution in [0.3, 0.4) is 0 Å². The number of carbonyl (C=O) groups is 1. The van der Waals surface area contributed by atoms with Gasteiger partial charge in [0.15, 0.2) is 11.5 Å². The second-order valence-electron chi connectivity index (χ2n) is 4.31. The third-order valence-electron chi connectivity index (χ3n) is 2.94. The van der Waals surface area contributed by atoms with Crippen molar-refractivity contribution in [2.24, 2.45) is 0 Å². The Hall–Kier alpha value is -2.08. The second-order valence-corrected chi connectivity index (χ2v) is 5.31.